The largest absolute Gasteiger partial charge is 0.504 e. The van der Waals surface area contributed by atoms with Crippen molar-refractivity contribution in [1.82, 2.24) is 5.32 Å². The van der Waals surface area contributed by atoms with E-state index in [0.717, 1.165) is 0 Å². The van der Waals surface area contributed by atoms with Crippen LogP contribution in [0.4, 0.5) is 0 Å². The average Bonchev–Trinajstić information content (AvgIpc) is 2.61. The van der Waals surface area contributed by atoms with E-state index in [1.165, 1.54) is 18.2 Å². The monoisotopic (exact) mass is 361 g/mol. The molecular weight excluding hydrogens is 338 g/mol. The van der Waals surface area contributed by atoms with Crippen LogP contribution in [0.3, 0.4) is 0 Å². The van der Waals surface area contributed by atoms with Gasteiger partial charge in [0, 0.05) is 6.54 Å². The summed E-state index contributed by atoms with van der Waals surface area (Å²) in [5.74, 6) is -1.64. The zero-order valence-corrected chi connectivity index (χ0v) is 13.2. The summed E-state index contributed by atoms with van der Waals surface area (Å²) in [7, 11) is 0. The van der Waals surface area contributed by atoms with E-state index in [1.807, 2.05) is 0 Å². The normalized spacial score (nSPS) is 17.4. The second-order valence-electron chi connectivity index (χ2n) is 5.53. The molecule has 0 bridgehead atoms. The molecule has 10 heteroatoms. The quantitative estimate of drug-likeness (QED) is 0.201. The van der Waals surface area contributed by atoms with Crippen LogP contribution in [0, 0.1) is 0 Å². The summed E-state index contributed by atoms with van der Waals surface area (Å²) in [4.78, 5) is 11.7. The topological polar surface area (TPSA) is 191 Å². The fourth-order valence-electron chi connectivity index (χ4n) is 2.04. The molecule has 0 aliphatic heterocycles. The van der Waals surface area contributed by atoms with Crippen LogP contribution in [0.5, 0.6) is 11.5 Å². The number of carbonyl (C=O) groups is 1. The van der Waals surface area contributed by atoms with Crippen molar-refractivity contribution < 1.29 is 45.6 Å². The molecule has 1 aromatic rings. The van der Waals surface area contributed by atoms with Crippen molar-refractivity contribution in [3.05, 3.63) is 23.8 Å². The van der Waals surface area contributed by atoms with Crippen molar-refractivity contribution in [2.75, 3.05) is 13.2 Å². The molecule has 0 heterocycles. The minimum Gasteiger partial charge on any atom is -0.504 e. The first kappa shape index (κ1) is 21.1. The van der Waals surface area contributed by atoms with Gasteiger partial charge in [-0.3, -0.25) is 4.79 Å². The number of carbonyl (C=O) groups excluding carboxylic acids is 1. The van der Waals surface area contributed by atoms with Crippen molar-refractivity contribution >= 4 is 5.91 Å². The zero-order valence-electron chi connectivity index (χ0n) is 13.2. The SMILES string of the molecule is O=C(NCCc1ccc(O)c(O)c1)C(O)C(O)C(O)C(O)C(O)CO. The molecule has 1 rings (SSSR count). The third-order valence-corrected chi connectivity index (χ3v) is 3.63. The summed E-state index contributed by atoms with van der Waals surface area (Å²) >= 11 is 0. The van der Waals surface area contributed by atoms with E-state index in [9.17, 15) is 40.5 Å². The molecule has 0 aliphatic rings. The molecule has 1 amide bonds. The Kier molecular flexibility index (Phi) is 8.03. The summed E-state index contributed by atoms with van der Waals surface area (Å²) in [5.41, 5.74) is 0.590. The number of aliphatic hydroxyl groups is 6. The zero-order chi connectivity index (χ0) is 19.1. The third kappa shape index (κ3) is 5.81. The van der Waals surface area contributed by atoms with Gasteiger partial charge in [0.2, 0.25) is 0 Å². The second kappa shape index (κ2) is 9.51. The molecule has 0 saturated heterocycles. The number of phenols is 2. The van der Waals surface area contributed by atoms with Crippen molar-refractivity contribution in [3.8, 4) is 11.5 Å². The Hall–Kier alpha value is -1.95. The van der Waals surface area contributed by atoms with Gasteiger partial charge < -0.3 is 46.2 Å². The van der Waals surface area contributed by atoms with E-state index in [2.05, 4.69) is 5.32 Å². The first-order chi connectivity index (χ1) is 11.7. The molecule has 5 unspecified atom stereocenters. The second-order valence-corrected chi connectivity index (χ2v) is 5.53. The maximum atomic E-state index is 11.7. The summed E-state index contributed by atoms with van der Waals surface area (Å²) in [5, 5.41) is 77.1. The molecular formula is C15H23NO9. The molecule has 0 aromatic heterocycles. The lowest BCUT2D eigenvalue weighted by Gasteiger charge is -2.27. The highest BCUT2D eigenvalue weighted by molar-refractivity contribution is 5.81. The smallest absolute Gasteiger partial charge is 0.251 e. The van der Waals surface area contributed by atoms with Gasteiger partial charge in [0.1, 0.15) is 24.4 Å². The maximum Gasteiger partial charge on any atom is 0.251 e. The number of rotatable bonds is 9. The first-order valence-corrected chi connectivity index (χ1v) is 7.48. The predicted octanol–water partition coefficient (Wildman–Crippen LogP) is -3.45. The van der Waals surface area contributed by atoms with Crippen LogP contribution in [0.2, 0.25) is 0 Å². The van der Waals surface area contributed by atoms with Gasteiger partial charge >= 0.3 is 0 Å². The van der Waals surface area contributed by atoms with E-state index >= 15 is 0 Å². The summed E-state index contributed by atoms with van der Waals surface area (Å²) in [6.45, 7) is -0.864. The number of hydrogen-bond acceptors (Lipinski definition) is 9. The summed E-state index contributed by atoms with van der Waals surface area (Å²) in [6, 6.07) is 4.08. The predicted molar refractivity (Wildman–Crippen MR) is 83.6 cm³/mol. The van der Waals surface area contributed by atoms with Crippen LogP contribution in [0.25, 0.3) is 0 Å². The lowest BCUT2D eigenvalue weighted by molar-refractivity contribution is -0.156. The first-order valence-electron chi connectivity index (χ1n) is 7.48. The van der Waals surface area contributed by atoms with Gasteiger partial charge in [-0.25, -0.2) is 0 Å². The van der Waals surface area contributed by atoms with Gasteiger partial charge in [-0.1, -0.05) is 6.07 Å². The fourth-order valence-corrected chi connectivity index (χ4v) is 2.04. The van der Waals surface area contributed by atoms with Crippen molar-refractivity contribution in [3.63, 3.8) is 0 Å². The van der Waals surface area contributed by atoms with E-state index < -0.39 is 43.0 Å². The van der Waals surface area contributed by atoms with E-state index in [4.69, 9.17) is 5.11 Å². The lowest BCUT2D eigenvalue weighted by atomic mass is 9.99. The number of amides is 1. The highest BCUT2D eigenvalue weighted by atomic mass is 16.4. The molecule has 0 fully saturated rings. The number of nitrogens with one attached hydrogen (secondary N) is 1. The molecule has 10 nitrogen and oxygen atoms in total. The molecule has 142 valence electrons. The standard InChI is InChI=1S/C15H23NO9/c17-6-10(20)11(21)12(22)13(23)14(24)15(25)16-4-3-7-1-2-8(18)9(19)5-7/h1-2,5,10-14,17-24H,3-4,6H2,(H,16,25). The van der Waals surface area contributed by atoms with Gasteiger partial charge in [0.05, 0.1) is 6.61 Å². The van der Waals surface area contributed by atoms with E-state index in [-0.39, 0.29) is 24.5 Å². The number of phenolic OH excluding ortho intramolecular Hbond substituents is 2. The highest BCUT2D eigenvalue weighted by Crippen LogP contribution is 2.24. The lowest BCUT2D eigenvalue weighted by Crippen LogP contribution is -2.54. The fraction of sp³-hybridized carbons (Fsp3) is 0.533. The van der Waals surface area contributed by atoms with Gasteiger partial charge in [-0.05, 0) is 24.1 Å². The molecule has 25 heavy (non-hydrogen) atoms. The summed E-state index contributed by atoms with van der Waals surface area (Å²) < 4.78 is 0. The Bertz CT molecular complexity index is 568. The Morgan fingerprint density at radius 1 is 0.960 bits per heavy atom. The van der Waals surface area contributed by atoms with Crippen molar-refractivity contribution in [2.24, 2.45) is 0 Å². The van der Waals surface area contributed by atoms with Gasteiger partial charge in [0.15, 0.2) is 17.6 Å². The number of benzene rings is 1. The molecule has 0 aliphatic carbocycles. The minimum absolute atomic E-state index is 0.0186. The minimum atomic E-state index is -2.09. The van der Waals surface area contributed by atoms with Crippen LogP contribution in [-0.4, -0.2) is 90.4 Å². The maximum absolute atomic E-state index is 11.7. The Morgan fingerprint density at radius 2 is 1.60 bits per heavy atom. The van der Waals surface area contributed by atoms with Crippen molar-refractivity contribution in [1.29, 1.82) is 0 Å². The van der Waals surface area contributed by atoms with Crippen LogP contribution in [0.15, 0.2) is 18.2 Å². The molecule has 9 N–H and O–H groups in total. The van der Waals surface area contributed by atoms with Crippen LogP contribution < -0.4 is 5.32 Å². The van der Waals surface area contributed by atoms with Gasteiger partial charge in [-0.2, -0.15) is 0 Å². The number of aromatic hydroxyl groups is 2. The Labute approximate surface area is 143 Å². The molecule has 0 radical (unpaired) electrons. The Morgan fingerprint density at radius 3 is 2.16 bits per heavy atom. The highest BCUT2D eigenvalue weighted by Gasteiger charge is 2.36. The van der Waals surface area contributed by atoms with E-state index in [0.29, 0.717) is 5.56 Å². The van der Waals surface area contributed by atoms with E-state index in [1.54, 1.807) is 0 Å². The molecule has 5 atom stereocenters. The summed E-state index contributed by atoms with van der Waals surface area (Å²) in [6.07, 6.45) is -9.68. The van der Waals surface area contributed by atoms with Crippen LogP contribution >= 0.6 is 0 Å². The Balaban J connectivity index is 2.51. The van der Waals surface area contributed by atoms with Gasteiger partial charge in [0.25, 0.3) is 5.91 Å². The molecule has 0 spiro atoms. The average molecular weight is 361 g/mol. The molecule has 0 saturated carbocycles. The van der Waals surface area contributed by atoms with Crippen molar-refractivity contribution in [2.45, 2.75) is 36.9 Å². The third-order valence-electron chi connectivity index (χ3n) is 3.63. The van der Waals surface area contributed by atoms with Crippen LogP contribution in [0.1, 0.15) is 5.56 Å². The van der Waals surface area contributed by atoms with Crippen LogP contribution in [-0.2, 0) is 11.2 Å². The number of aliphatic hydroxyl groups excluding tert-OH is 6. The van der Waals surface area contributed by atoms with Gasteiger partial charge in [-0.15, -0.1) is 0 Å². The number of hydrogen-bond donors (Lipinski definition) is 9. The molecule has 1 aromatic carbocycles.